The SMILES string of the molecule is Cc1ccnc(Cl)c1NS(=O)(=O)c1c[nH]c(C(=O)O)c1. The highest BCUT2D eigenvalue weighted by Gasteiger charge is 2.20. The van der Waals surface area contributed by atoms with E-state index in [4.69, 9.17) is 16.7 Å². The van der Waals surface area contributed by atoms with Crippen molar-refractivity contribution in [2.45, 2.75) is 11.8 Å². The lowest BCUT2D eigenvalue weighted by Gasteiger charge is -2.10. The van der Waals surface area contributed by atoms with Crippen LogP contribution in [0.2, 0.25) is 5.15 Å². The van der Waals surface area contributed by atoms with Gasteiger partial charge in [-0.15, -0.1) is 0 Å². The molecule has 2 aromatic rings. The summed E-state index contributed by atoms with van der Waals surface area (Å²) >= 11 is 5.84. The van der Waals surface area contributed by atoms with E-state index in [1.54, 1.807) is 13.0 Å². The maximum Gasteiger partial charge on any atom is 0.352 e. The number of aryl methyl sites for hydroxylation is 1. The number of hydrogen-bond acceptors (Lipinski definition) is 4. The summed E-state index contributed by atoms with van der Waals surface area (Å²) in [5.41, 5.74) is 0.536. The molecule has 0 amide bonds. The van der Waals surface area contributed by atoms with Crippen molar-refractivity contribution >= 4 is 33.3 Å². The van der Waals surface area contributed by atoms with E-state index in [9.17, 15) is 13.2 Å². The van der Waals surface area contributed by atoms with Crippen molar-refractivity contribution in [2.24, 2.45) is 0 Å². The highest BCUT2D eigenvalue weighted by atomic mass is 35.5. The van der Waals surface area contributed by atoms with Crippen LogP contribution in [-0.2, 0) is 10.0 Å². The number of H-pyrrole nitrogens is 1. The third kappa shape index (κ3) is 2.75. The Morgan fingerprint density at radius 2 is 2.20 bits per heavy atom. The number of sulfonamides is 1. The van der Waals surface area contributed by atoms with Gasteiger partial charge < -0.3 is 10.1 Å². The number of aromatic nitrogens is 2. The number of anilines is 1. The van der Waals surface area contributed by atoms with E-state index in [1.807, 2.05) is 0 Å². The minimum Gasteiger partial charge on any atom is -0.477 e. The lowest BCUT2D eigenvalue weighted by molar-refractivity contribution is 0.0691. The van der Waals surface area contributed by atoms with Gasteiger partial charge in [0.05, 0.1) is 5.69 Å². The molecule has 0 aliphatic rings. The second-order valence-corrected chi connectivity index (χ2v) is 5.99. The molecule has 0 bridgehead atoms. The molecular formula is C11H10ClN3O4S. The topological polar surface area (TPSA) is 112 Å². The third-order valence-corrected chi connectivity index (χ3v) is 4.16. The lowest BCUT2D eigenvalue weighted by Crippen LogP contribution is -2.13. The van der Waals surface area contributed by atoms with Gasteiger partial charge in [0.25, 0.3) is 10.0 Å². The molecule has 0 spiro atoms. The second-order valence-electron chi connectivity index (χ2n) is 3.95. The summed E-state index contributed by atoms with van der Waals surface area (Å²) in [7, 11) is -3.94. The summed E-state index contributed by atoms with van der Waals surface area (Å²) in [6.07, 6.45) is 2.54. The summed E-state index contributed by atoms with van der Waals surface area (Å²) in [6.45, 7) is 1.67. The Hall–Kier alpha value is -2.06. The quantitative estimate of drug-likeness (QED) is 0.746. The van der Waals surface area contributed by atoms with Gasteiger partial charge in [-0.05, 0) is 24.6 Å². The third-order valence-electron chi connectivity index (χ3n) is 2.55. The molecule has 3 N–H and O–H groups in total. The Labute approximate surface area is 119 Å². The van der Waals surface area contributed by atoms with Gasteiger partial charge in [-0.2, -0.15) is 0 Å². The van der Waals surface area contributed by atoms with Crippen molar-refractivity contribution in [2.75, 3.05) is 4.72 Å². The van der Waals surface area contributed by atoms with Gasteiger partial charge in [0.1, 0.15) is 10.6 Å². The first-order valence-corrected chi connectivity index (χ1v) is 7.23. The summed E-state index contributed by atoms with van der Waals surface area (Å²) in [5.74, 6) is -1.25. The van der Waals surface area contributed by atoms with Gasteiger partial charge in [-0.1, -0.05) is 11.6 Å². The zero-order valence-electron chi connectivity index (χ0n) is 10.2. The fraction of sp³-hybridized carbons (Fsp3) is 0.0909. The van der Waals surface area contributed by atoms with Gasteiger partial charge in [-0.3, -0.25) is 4.72 Å². The molecule has 0 unspecified atom stereocenters. The fourth-order valence-electron chi connectivity index (χ4n) is 1.49. The standard InChI is InChI=1S/C11H10ClN3O4S/c1-6-2-3-13-10(12)9(6)15-20(18,19)7-4-8(11(16)17)14-5-7/h2-5,14-15H,1H3,(H,16,17). The Morgan fingerprint density at radius 1 is 1.50 bits per heavy atom. The van der Waals surface area contributed by atoms with E-state index in [-0.39, 0.29) is 21.4 Å². The number of nitrogens with one attached hydrogen (secondary N) is 2. The molecule has 2 aromatic heterocycles. The van der Waals surface area contributed by atoms with Gasteiger partial charge in [0.2, 0.25) is 0 Å². The zero-order valence-corrected chi connectivity index (χ0v) is 11.8. The molecule has 0 radical (unpaired) electrons. The number of nitrogens with zero attached hydrogens (tertiary/aromatic N) is 1. The van der Waals surface area contributed by atoms with Crippen LogP contribution in [0, 0.1) is 6.92 Å². The van der Waals surface area contributed by atoms with Crippen LogP contribution < -0.4 is 4.72 Å². The van der Waals surface area contributed by atoms with E-state index in [2.05, 4.69) is 14.7 Å². The summed E-state index contributed by atoms with van der Waals surface area (Å²) < 4.78 is 26.6. The van der Waals surface area contributed by atoms with Crippen LogP contribution in [0.5, 0.6) is 0 Å². The van der Waals surface area contributed by atoms with Crippen LogP contribution in [0.3, 0.4) is 0 Å². The van der Waals surface area contributed by atoms with Gasteiger partial charge in [-0.25, -0.2) is 18.2 Å². The van der Waals surface area contributed by atoms with Crippen molar-refractivity contribution in [3.63, 3.8) is 0 Å². The molecule has 0 fully saturated rings. The normalized spacial score (nSPS) is 11.3. The molecule has 0 aliphatic carbocycles. The average Bonchev–Trinajstić information content (AvgIpc) is 2.84. The molecule has 2 heterocycles. The number of hydrogen-bond donors (Lipinski definition) is 3. The number of rotatable bonds is 4. The van der Waals surface area contributed by atoms with Crippen molar-refractivity contribution in [3.8, 4) is 0 Å². The van der Waals surface area contributed by atoms with E-state index in [1.165, 1.54) is 6.20 Å². The fourth-order valence-corrected chi connectivity index (χ4v) is 2.93. The monoisotopic (exact) mass is 315 g/mol. The molecular weight excluding hydrogens is 306 g/mol. The number of carboxylic acid groups (broad SMARTS) is 1. The maximum atomic E-state index is 12.1. The van der Waals surface area contributed by atoms with Crippen molar-refractivity contribution in [1.82, 2.24) is 9.97 Å². The lowest BCUT2D eigenvalue weighted by atomic mass is 10.3. The molecule has 0 aliphatic heterocycles. The Balaban J connectivity index is 2.38. The molecule has 9 heteroatoms. The van der Waals surface area contributed by atoms with Crippen molar-refractivity contribution < 1.29 is 18.3 Å². The van der Waals surface area contributed by atoms with Crippen LogP contribution in [-0.4, -0.2) is 29.5 Å². The highest BCUT2D eigenvalue weighted by molar-refractivity contribution is 7.92. The molecule has 20 heavy (non-hydrogen) atoms. The predicted octanol–water partition coefficient (Wildman–Crippen LogP) is 1.87. The number of carboxylic acids is 1. The first-order chi connectivity index (χ1) is 9.31. The maximum absolute atomic E-state index is 12.1. The zero-order chi connectivity index (χ0) is 14.9. The van der Waals surface area contributed by atoms with E-state index in [0.29, 0.717) is 5.56 Å². The Bertz CT molecular complexity index is 749. The van der Waals surface area contributed by atoms with Crippen molar-refractivity contribution in [1.29, 1.82) is 0 Å². The van der Waals surface area contributed by atoms with E-state index >= 15 is 0 Å². The largest absolute Gasteiger partial charge is 0.477 e. The number of halogens is 1. The molecule has 2 rings (SSSR count). The van der Waals surface area contributed by atoms with E-state index in [0.717, 1.165) is 12.3 Å². The van der Waals surface area contributed by atoms with Gasteiger partial charge in [0, 0.05) is 12.4 Å². The second kappa shape index (κ2) is 5.14. The summed E-state index contributed by atoms with van der Waals surface area (Å²) in [6, 6.07) is 2.62. The average molecular weight is 316 g/mol. The molecule has 0 saturated heterocycles. The summed E-state index contributed by atoms with van der Waals surface area (Å²) in [4.78, 5) is 16.7. The van der Waals surface area contributed by atoms with Crippen LogP contribution >= 0.6 is 11.6 Å². The molecule has 106 valence electrons. The number of aromatic amines is 1. The Morgan fingerprint density at radius 3 is 2.75 bits per heavy atom. The van der Waals surface area contributed by atoms with Crippen LogP contribution in [0.4, 0.5) is 5.69 Å². The Kier molecular flexibility index (Phi) is 3.69. The molecule has 7 nitrogen and oxygen atoms in total. The minimum absolute atomic E-state index is 0.0163. The molecule has 0 saturated carbocycles. The molecule has 0 aromatic carbocycles. The van der Waals surface area contributed by atoms with E-state index < -0.39 is 16.0 Å². The minimum atomic E-state index is -3.94. The number of carbonyl (C=O) groups is 1. The van der Waals surface area contributed by atoms with Gasteiger partial charge in [0.15, 0.2) is 5.15 Å². The number of pyridine rings is 1. The smallest absolute Gasteiger partial charge is 0.352 e. The van der Waals surface area contributed by atoms with Crippen LogP contribution in [0.15, 0.2) is 29.4 Å². The summed E-state index contributed by atoms with van der Waals surface area (Å²) in [5, 5.41) is 8.78. The number of aromatic carboxylic acids is 1. The van der Waals surface area contributed by atoms with Crippen molar-refractivity contribution in [3.05, 3.63) is 40.9 Å². The van der Waals surface area contributed by atoms with Crippen LogP contribution in [0.1, 0.15) is 16.1 Å². The first kappa shape index (κ1) is 14.4. The molecule has 0 atom stereocenters. The highest BCUT2D eigenvalue weighted by Crippen LogP contribution is 2.26. The predicted molar refractivity (Wildman–Crippen MR) is 72.5 cm³/mol. The van der Waals surface area contributed by atoms with Crippen LogP contribution in [0.25, 0.3) is 0 Å². The van der Waals surface area contributed by atoms with Gasteiger partial charge >= 0.3 is 5.97 Å². The first-order valence-electron chi connectivity index (χ1n) is 5.37.